The Bertz CT molecular complexity index is 1240. The number of imidazole rings is 1. The molecule has 3 N–H and O–H groups in total. The van der Waals surface area contributed by atoms with Crippen LogP contribution in [0.5, 0.6) is 0 Å². The standard InChI is InChI=1S/C25H24N4O3/c30-24(26-20-8-4-7-19(20)25(31)28-32)18-12-10-16(11-13-18)15-21-23(17-5-3-6-17)27-22-9-1-2-14-29(21)22/h1-3,5-6,9-14,19-20,32H,4,7-8,15H2,(H,26,30)(H,28,31)/t19-,20+/m0/s1. The van der Waals surface area contributed by atoms with Gasteiger partial charge in [-0.05, 0) is 42.7 Å². The lowest BCUT2D eigenvalue weighted by Crippen LogP contribution is -2.43. The Hall–Kier alpha value is -3.71. The predicted molar refractivity (Wildman–Crippen MR) is 120 cm³/mol. The molecule has 2 aliphatic rings. The van der Waals surface area contributed by atoms with Crippen molar-refractivity contribution >= 4 is 23.0 Å². The van der Waals surface area contributed by atoms with Crippen molar-refractivity contribution in [3.63, 3.8) is 0 Å². The number of hydrogen-bond acceptors (Lipinski definition) is 4. The van der Waals surface area contributed by atoms with Gasteiger partial charge in [-0.25, -0.2) is 10.5 Å². The van der Waals surface area contributed by atoms with Crippen molar-refractivity contribution < 1.29 is 14.8 Å². The molecule has 162 valence electrons. The molecule has 0 saturated heterocycles. The highest BCUT2D eigenvalue weighted by Crippen LogP contribution is 2.28. The molecule has 0 radical (unpaired) electrons. The summed E-state index contributed by atoms with van der Waals surface area (Å²) in [7, 11) is 0. The Morgan fingerprint density at radius 2 is 1.94 bits per heavy atom. The van der Waals surface area contributed by atoms with Gasteiger partial charge >= 0.3 is 0 Å². The number of benzene rings is 1. The normalized spacial score (nSPS) is 19.5. The smallest absolute Gasteiger partial charge is 0.251 e. The second-order valence-corrected chi connectivity index (χ2v) is 8.28. The summed E-state index contributed by atoms with van der Waals surface area (Å²) in [5, 5.41) is 11.9. The minimum absolute atomic E-state index is 0.209. The Balaban J connectivity index is 1.33. The molecule has 1 aromatic carbocycles. The molecule has 32 heavy (non-hydrogen) atoms. The molecule has 2 aliphatic carbocycles. The predicted octanol–water partition coefficient (Wildman–Crippen LogP) is 3.28. The number of aromatic nitrogens is 2. The van der Waals surface area contributed by atoms with E-state index < -0.39 is 11.8 Å². The van der Waals surface area contributed by atoms with E-state index in [1.165, 1.54) is 0 Å². The molecule has 0 unspecified atom stereocenters. The molecule has 0 spiro atoms. The van der Waals surface area contributed by atoms with E-state index in [-0.39, 0.29) is 11.9 Å². The fourth-order valence-corrected chi connectivity index (χ4v) is 4.55. The van der Waals surface area contributed by atoms with Crippen molar-refractivity contribution in [3.05, 3.63) is 89.4 Å². The minimum atomic E-state index is -0.441. The van der Waals surface area contributed by atoms with Crippen LogP contribution in [-0.4, -0.2) is 32.4 Å². The van der Waals surface area contributed by atoms with E-state index >= 15 is 0 Å². The van der Waals surface area contributed by atoms with E-state index in [0.29, 0.717) is 18.4 Å². The van der Waals surface area contributed by atoms with E-state index in [1.54, 1.807) is 5.48 Å². The maximum absolute atomic E-state index is 12.7. The topological polar surface area (TPSA) is 95.7 Å². The van der Waals surface area contributed by atoms with Crippen LogP contribution in [0.3, 0.4) is 0 Å². The molecule has 2 amide bonds. The van der Waals surface area contributed by atoms with Crippen LogP contribution in [-0.2, 0) is 11.2 Å². The van der Waals surface area contributed by atoms with Gasteiger partial charge in [-0.3, -0.25) is 14.8 Å². The molecule has 7 heteroatoms. The molecule has 3 aromatic rings. The molecule has 0 bridgehead atoms. The quantitative estimate of drug-likeness (QED) is 0.415. The van der Waals surface area contributed by atoms with Gasteiger partial charge in [-0.1, -0.05) is 42.8 Å². The lowest BCUT2D eigenvalue weighted by molar-refractivity contribution is -0.133. The van der Waals surface area contributed by atoms with Gasteiger partial charge in [-0.15, -0.1) is 0 Å². The number of nitrogens with zero attached hydrogens (tertiary/aromatic N) is 2. The summed E-state index contributed by atoms with van der Waals surface area (Å²) in [4.78, 5) is 29.3. The van der Waals surface area contributed by atoms with Crippen LogP contribution in [0.4, 0.5) is 0 Å². The minimum Gasteiger partial charge on any atom is -0.349 e. The van der Waals surface area contributed by atoms with E-state index in [1.807, 2.05) is 54.7 Å². The first-order valence-electron chi connectivity index (χ1n) is 10.8. The summed E-state index contributed by atoms with van der Waals surface area (Å²) in [6, 6.07) is 13.2. The number of nitrogens with one attached hydrogen (secondary N) is 2. The average molecular weight is 428 g/mol. The third-order valence-electron chi connectivity index (χ3n) is 6.32. The molecular formula is C25H24N4O3. The van der Waals surface area contributed by atoms with Crippen LogP contribution >= 0.6 is 0 Å². The number of allylic oxidation sites excluding steroid dienone is 4. The molecule has 2 aromatic heterocycles. The SMILES string of the molecule is O=C(N[C@@H]1CCC[C@@H]1C(=O)NO)c1ccc(Cc2c(C3=CC=C3)nc3ccccn23)cc1. The van der Waals surface area contributed by atoms with Gasteiger partial charge in [0, 0.05) is 29.8 Å². The van der Waals surface area contributed by atoms with Crippen molar-refractivity contribution in [2.45, 2.75) is 31.7 Å². The summed E-state index contributed by atoms with van der Waals surface area (Å²) < 4.78 is 2.11. The number of hydroxylamine groups is 1. The Morgan fingerprint density at radius 3 is 2.66 bits per heavy atom. The highest BCUT2D eigenvalue weighted by molar-refractivity contribution is 5.95. The van der Waals surface area contributed by atoms with Crippen LogP contribution in [0.15, 0.2) is 66.9 Å². The van der Waals surface area contributed by atoms with E-state index in [9.17, 15) is 9.59 Å². The Kier molecular flexibility index (Phi) is 5.33. The first-order chi connectivity index (χ1) is 15.6. The van der Waals surface area contributed by atoms with Crippen LogP contribution in [0.1, 0.15) is 46.6 Å². The van der Waals surface area contributed by atoms with Crippen molar-refractivity contribution in [2.75, 3.05) is 0 Å². The largest absolute Gasteiger partial charge is 0.349 e. The molecule has 1 saturated carbocycles. The zero-order chi connectivity index (χ0) is 22.1. The monoisotopic (exact) mass is 428 g/mol. The van der Waals surface area contributed by atoms with Crippen molar-refractivity contribution in [2.24, 2.45) is 5.92 Å². The molecule has 2 atom stereocenters. The second-order valence-electron chi connectivity index (χ2n) is 8.28. The molecular weight excluding hydrogens is 404 g/mol. The Morgan fingerprint density at radius 1 is 1.12 bits per heavy atom. The average Bonchev–Trinajstić information content (AvgIpc) is 3.37. The second kappa shape index (κ2) is 8.43. The summed E-state index contributed by atoms with van der Waals surface area (Å²) in [5.74, 6) is -1.05. The van der Waals surface area contributed by atoms with E-state index in [0.717, 1.165) is 41.0 Å². The summed E-state index contributed by atoms with van der Waals surface area (Å²) in [6.07, 6.45) is 11.1. The van der Waals surface area contributed by atoms with Crippen LogP contribution < -0.4 is 10.8 Å². The maximum atomic E-state index is 12.7. The number of carbonyl (C=O) groups excluding carboxylic acids is 2. The van der Waals surface area contributed by atoms with Gasteiger partial charge < -0.3 is 9.72 Å². The highest BCUT2D eigenvalue weighted by Gasteiger charge is 2.34. The number of fused-ring (bicyclic) bond motifs is 1. The van der Waals surface area contributed by atoms with Crippen molar-refractivity contribution in [1.82, 2.24) is 20.2 Å². The first kappa shape index (κ1) is 20.2. The summed E-state index contributed by atoms with van der Waals surface area (Å²) >= 11 is 0. The summed E-state index contributed by atoms with van der Waals surface area (Å²) in [6.45, 7) is 0. The Labute approximate surface area is 185 Å². The van der Waals surface area contributed by atoms with Gasteiger partial charge in [-0.2, -0.15) is 0 Å². The number of pyridine rings is 1. The summed E-state index contributed by atoms with van der Waals surface area (Å²) in [5.41, 5.74) is 7.46. The zero-order valence-corrected chi connectivity index (χ0v) is 17.5. The van der Waals surface area contributed by atoms with Gasteiger partial charge in [0.05, 0.1) is 17.3 Å². The maximum Gasteiger partial charge on any atom is 0.251 e. The lowest BCUT2D eigenvalue weighted by Gasteiger charge is -2.19. The van der Waals surface area contributed by atoms with Gasteiger partial charge in [0.2, 0.25) is 5.91 Å². The third-order valence-corrected chi connectivity index (χ3v) is 6.32. The fourth-order valence-electron chi connectivity index (χ4n) is 4.55. The van der Waals surface area contributed by atoms with E-state index in [2.05, 4.69) is 21.9 Å². The fraction of sp³-hybridized carbons (Fsp3) is 0.240. The van der Waals surface area contributed by atoms with Crippen molar-refractivity contribution in [3.8, 4) is 0 Å². The van der Waals surface area contributed by atoms with Crippen LogP contribution in [0.2, 0.25) is 0 Å². The zero-order valence-electron chi connectivity index (χ0n) is 17.5. The first-order valence-corrected chi connectivity index (χ1v) is 10.8. The van der Waals surface area contributed by atoms with Gasteiger partial charge in [0.15, 0.2) is 0 Å². The number of amides is 2. The van der Waals surface area contributed by atoms with Crippen molar-refractivity contribution in [1.29, 1.82) is 0 Å². The lowest BCUT2D eigenvalue weighted by atomic mass is 9.99. The van der Waals surface area contributed by atoms with Gasteiger partial charge in [0.1, 0.15) is 5.65 Å². The highest BCUT2D eigenvalue weighted by atomic mass is 16.5. The molecule has 0 aliphatic heterocycles. The third kappa shape index (κ3) is 3.71. The molecule has 5 rings (SSSR count). The molecule has 7 nitrogen and oxygen atoms in total. The van der Waals surface area contributed by atoms with E-state index in [4.69, 9.17) is 10.2 Å². The van der Waals surface area contributed by atoms with Gasteiger partial charge in [0.25, 0.3) is 5.91 Å². The molecule has 2 heterocycles. The van der Waals surface area contributed by atoms with Crippen LogP contribution in [0, 0.1) is 5.92 Å². The molecule has 1 fully saturated rings. The number of hydrogen-bond donors (Lipinski definition) is 3. The number of rotatable bonds is 6. The van der Waals surface area contributed by atoms with Crippen LogP contribution in [0.25, 0.3) is 11.2 Å². The number of carbonyl (C=O) groups is 2.